The van der Waals surface area contributed by atoms with Gasteiger partial charge in [-0.05, 0) is 46.2 Å². The Hall–Kier alpha value is -0.0400. The minimum atomic E-state index is 0.458. The lowest BCUT2D eigenvalue weighted by molar-refractivity contribution is 0.140. The maximum atomic E-state index is 2.70. The van der Waals surface area contributed by atoms with E-state index in [1.165, 1.54) is 77.3 Å². The van der Waals surface area contributed by atoms with Gasteiger partial charge >= 0.3 is 0 Å². The van der Waals surface area contributed by atoms with Gasteiger partial charge < -0.3 is 0 Å². The summed E-state index contributed by atoms with van der Waals surface area (Å²) in [7, 11) is 0. The molecule has 1 heteroatoms. The Kier molecular flexibility index (Phi) is 7.18. The second-order valence-corrected chi connectivity index (χ2v) is 6.38. The van der Waals surface area contributed by atoms with Gasteiger partial charge in [-0.1, -0.05) is 51.9 Å². The molecule has 0 aromatic rings. The third-order valence-corrected chi connectivity index (χ3v) is 4.35. The third-order valence-electron chi connectivity index (χ3n) is 4.35. The molecule has 0 saturated carbocycles. The van der Waals surface area contributed by atoms with E-state index in [9.17, 15) is 0 Å². The lowest BCUT2D eigenvalue weighted by atomic mass is 9.94. The average Bonchev–Trinajstić information content (AvgIpc) is 2.82. The van der Waals surface area contributed by atoms with Gasteiger partial charge in [-0.3, -0.25) is 4.90 Å². The molecule has 0 aliphatic carbocycles. The monoisotopic (exact) mass is 239 g/mol. The molecule has 1 fully saturated rings. The SMILES string of the molecule is CCCCCCCCCC(C)(C)N1CCCC1. The molecule has 0 atom stereocenters. The van der Waals surface area contributed by atoms with E-state index in [0.717, 1.165) is 0 Å². The molecular formula is C16H33N. The lowest BCUT2D eigenvalue weighted by Crippen LogP contribution is -2.41. The number of nitrogens with zero attached hydrogens (tertiary/aromatic N) is 1. The Labute approximate surface area is 109 Å². The van der Waals surface area contributed by atoms with Crippen molar-refractivity contribution in [3.05, 3.63) is 0 Å². The minimum Gasteiger partial charge on any atom is -0.298 e. The van der Waals surface area contributed by atoms with Crippen LogP contribution in [0.25, 0.3) is 0 Å². The Morgan fingerprint density at radius 1 is 0.824 bits per heavy atom. The smallest absolute Gasteiger partial charge is 0.0153 e. The summed E-state index contributed by atoms with van der Waals surface area (Å²) in [5.41, 5.74) is 0.458. The normalized spacial score (nSPS) is 17.8. The maximum Gasteiger partial charge on any atom is 0.0153 e. The highest BCUT2D eigenvalue weighted by molar-refractivity contribution is 4.84. The van der Waals surface area contributed by atoms with Crippen LogP contribution in [0, 0.1) is 0 Å². The molecule has 0 spiro atoms. The van der Waals surface area contributed by atoms with Crippen molar-refractivity contribution in [3.63, 3.8) is 0 Å². The van der Waals surface area contributed by atoms with Crippen LogP contribution in [0.1, 0.15) is 85.0 Å². The molecular weight excluding hydrogens is 206 g/mol. The Morgan fingerprint density at radius 2 is 1.35 bits per heavy atom. The van der Waals surface area contributed by atoms with Crippen molar-refractivity contribution >= 4 is 0 Å². The third kappa shape index (κ3) is 5.90. The van der Waals surface area contributed by atoms with Crippen LogP contribution in [0.4, 0.5) is 0 Å². The predicted molar refractivity (Wildman–Crippen MR) is 77.5 cm³/mol. The second kappa shape index (κ2) is 8.13. The van der Waals surface area contributed by atoms with Gasteiger partial charge in [0.2, 0.25) is 0 Å². The molecule has 0 bridgehead atoms. The van der Waals surface area contributed by atoms with E-state index in [2.05, 4.69) is 25.7 Å². The summed E-state index contributed by atoms with van der Waals surface area (Å²) < 4.78 is 0. The molecule has 0 radical (unpaired) electrons. The van der Waals surface area contributed by atoms with E-state index in [4.69, 9.17) is 0 Å². The van der Waals surface area contributed by atoms with Crippen molar-refractivity contribution < 1.29 is 0 Å². The van der Waals surface area contributed by atoms with Gasteiger partial charge in [0, 0.05) is 5.54 Å². The van der Waals surface area contributed by atoms with E-state index in [1.54, 1.807) is 0 Å². The Bertz CT molecular complexity index is 180. The van der Waals surface area contributed by atoms with Crippen LogP contribution in [0.15, 0.2) is 0 Å². The molecule has 0 N–H and O–H groups in total. The fraction of sp³-hybridized carbons (Fsp3) is 1.00. The standard InChI is InChI=1S/C16H33N/c1-4-5-6-7-8-9-10-13-16(2,3)17-14-11-12-15-17/h4-15H2,1-3H3. The van der Waals surface area contributed by atoms with Crippen molar-refractivity contribution in [2.24, 2.45) is 0 Å². The van der Waals surface area contributed by atoms with Crippen molar-refractivity contribution in [2.45, 2.75) is 90.5 Å². The summed E-state index contributed by atoms with van der Waals surface area (Å²) in [6, 6.07) is 0. The number of rotatable bonds is 9. The van der Waals surface area contributed by atoms with Gasteiger partial charge in [0.15, 0.2) is 0 Å². The van der Waals surface area contributed by atoms with Crippen molar-refractivity contribution in [2.75, 3.05) is 13.1 Å². The van der Waals surface area contributed by atoms with Crippen LogP contribution in [-0.2, 0) is 0 Å². The van der Waals surface area contributed by atoms with E-state index in [1.807, 2.05) is 0 Å². The summed E-state index contributed by atoms with van der Waals surface area (Å²) in [6.45, 7) is 9.84. The summed E-state index contributed by atoms with van der Waals surface area (Å²) in [5.74, 6) is 0. The number of hydrogen-bond donors (Lipinski definition) is 0. The molecule has 0 aromatic carbocycles. The van der Waals surface area contributed by atoms with Gasteiger partial charge in [0.1, 0.15) is 0 Å². The van der Waals surface area contributed by atoms with Gasteiger partial charge in [0.25, 0.3) is 0 Å². The van der Waals surface area contributed by atoms with Crippen molar-refractivity contribution in [1.29, 1.82) is 0 Å². The zero-order valence-electron chi connectivity index (χ0n) is 12.4. The molecule has 0 aromatic heterocycles. The predicted octanol–water partition coefficient (Wildman–Crippen LogP) is 5.00. The quantitative estimate of drug-likeness (QED) is 0.512. The fourth-order valence-electron chi connectivity index (χ4n) is 3.00. The van der Waals surface area contributed by atoms with E-state index < -0.39 is 0 Å². The second-order valence-electron chi connectivity index (χ2n) is 6.38. The lowest BCUT2D eigenvalue weighted by Gasteiger charge is -2.35. The molecule has 1 rings (SSSR count). The molecule has 17 heavy (non-hydrogen) atoms. The summed E-state index contributed by atoms with van der Waals surface area (Å²) in [4.78, 5) is 2.70. The fourth-order valence-corrected chi connectivity index (χ4v) is 3.00. The topological polar surface area (TPSA) is 3.24 Å². The van der Waals surface area contributed by atoms with Gasteiger partial charge in [0.05, 0.1) is 0 Å². The van der Waals surface area contributed by atoms with Crippen LogP contribution in [-0.4, -0.2) is 23.5 Å². The zero-order valence-corrected chi connectivity index (χ0v) is 12.4. The van der Waals surface area contributed by atoms with Crippen LogP contribution in [0.3, 0.4) is 0 Å². The molecule has 1 aliphatic rings. The highest BCUT2D eigenvalue weighted by Crippen LogP contribution is 2.26. The molecule has 1 saturated heterocycles. The number of unbranched alkanes of at least 4 members (excludes halogenated alkanes) is 6. The summed E-state index contributed by atoms with van der Waals surface area (Å²) >= 11 is 0. The minimum absolute atomic E-state index is 0.458. The van der Waals surface area contributed by atoms with E-state index >= 15 is 0 Å². The first-order chi connectivity index (χ1) is 8.17. The Morgan fingerprint density at radius 3 is 1.94 bits per heavy atom. The molecule has 1 aliphatic heterocycles. The first kappa shape index (κ1) is 15.0. The van der Waals surface area contributed by atoms with Gasteiger partial charge in [-0.25, -0.2) is 0 Å². The highest BCUT2D eigenvalue weighted by Gasteiger charge is 2.27. The first-order valence-corrected chi connectivity index (χ1v) is 7.92. The van der Waals surface area contributed by atoms with Crippen molar-refractivity contribution in [3.8, 4) is 0 Å². The summed E-state index contributed by atoms with van der Waals surface area (Å²) in [6.07, 6.45) is 14.2. The van der Waals surface area contributed by atoms with E-state index in [0.29, 0.717) is 5.54 Å². The largest absolute Gasteiger partial charge is 0.298 e. The first-order valence-electron chi connectivity index (χ1n) is 7.92. The molecule has 0 unspecified atom stereocenters. The zero-order chi connectivity index (χ0) is 12.6. The van der Waals surface area contributed by atoms with Crippen molar-refractivity contribution in [1.82, 2.24) is 4.90 Å². The molecule has 0 amide bonds. The highest BCUT2D eigenvalue weighted by atomic mass is 15.2. The van der Waals surface area contributed by atoms with Crippen LogP contribution < -0.4 is 0 Å². The van der Waals surface area contributed by atoms with Crippen LogP contribution >= 0.6 is 0 Å². The maximum absolute atomic E-state index is 2.70. The molecule has 1 heterocycles. The van der Waals surface area contributed by atoms with Gasteiger partial charge in [-0.2, -0.15) is 0 Å². The average molecular weight is 239 g/mol. The van der Waals surface area contributed by atoms with Crippen LogP contribution in [0.2, 0.25) is 0 Å². The van der Waals surface area contributed by atoms with E-state index in [-0.39, 0.29) is 0 Å². The van der Waals surface area contributed by atoms with Gasteiger partial charge in [-0.15, -0.1) is 0 Å². The number of hydrogen-bond acceptors (Lipinski definition) is 1. The molecule has 1 nitrogen and oxygen atoms in total. The summed E-state index contributed by atoms with van der Waals surface area (Å²) in [5, 5.41) is 0. The molecule has 102 valence electrons. The van der Waals surface area contributed by atoms with Crippen LogP contribution in [0.5, 0.6) is 0 Å². The Balaban J connectivity index is 2.00. The number of likely N-dealkylation sites (tertiary alicyclic amines) is 1.